The van der Waals surface area contributed by atoms with Gasteiger partial charge in [-0.3, -0.25) is 9.59 Å². The number of rotatable bonds is 7. The number of anilines is 1. The van der Waals surface area contributed by atoms with Gasteiger partial charge in [0, 0.05) is 10.3 Å². The number of ether oxygens (including phenoxy) is 1. The van der Waals surface area contributed by atoms with Gasteiger partial charge in [0.15, 0.2) is 5.13 Å². The maximum Gasteiger partial charge on any atom is 0.312 e. The minimum absolute atomic E-state index is 0.0577. The highest BCUT2D eigenvalue weighted by Gasteiger charge is 2.13. The van der Waals surface area contributed by atoms with E-state index in [-0.39, 0.29) is 24.9 Å². The van der Waals surface area contributed by atoms with Gasteiger partial charge < -0.3 is 10.1 Å². The fraction of sp³-hybridized carbons (Fsp3) is 0.158. The fourth-order valence-corrected chi connectivity index (χ4v) is 4.81. The average molecular weight is 430 g/mol. The van der Waals surface area contributed by atoms with Crippen LogP contribution in [0, 0.1) is 0 Å². The van der Waals surface area contributed by atoms with E-state index in [1.165, 1.54) is 34.0 Å². The molecule has 0 saturated heterocycles. The van der Waals surface area contributed by atoms with Crippen molar-refractivity contribution in [2.24, 2.45) is 0 Å². The third kappa shape index (κ3) is 4.80. The molecule has 0 saturated carbocycles. The van der Waals surface area contributed by atoms with Crippen molar-refractivity contribution in [3.8, 4) is 0 Å². The number of thiophene rings is 1. The van der Waals surface area contributed by atoms with Crippen molar-refractivity contribution in [1.82, 2.24) is 9.97 Å². The van der Waals surface area contributed by atoms with Crippen LogP contribution >= 0.6 is 34.0 Å². The maximum atomic E-state index is 12.1. The first-order valence-electron chi connectivity index (χ1n) is 8.42. The van der Waals surface area contributed by atoms with Crippen LogP contribution in [0.25, 0.3) is 10.2 Å². The SMILES string of the molecule is O=C(Cc1cccs1)Nc1nc(CC(=O)OCc2nc3ccccc3s2)cs1. The molecule has 142 valence electrons. The van der Waals surface area contributed by atoms with E-state index in [2.05, 4.69) is 15.3 Å². The van der Waals surface area contributed by atoms with Gasteiger partial charge in [-0.1, -0.05) is 18.2 Å². The Morgan fingerprint density at radius 2 is 1.93 bits per heavy atom. The van der Waals surface area contributed by atoms with Crippen molar-refractivity contribution in [3.05, 3.63) is 62.7 Å². The second kappa shape index (κ2) is 8.59. The predicted molar refractivity (Wildman–Crippen MR) is 112 cm³/mol. The summed E-state index contributed by atoms with van der Waals surface area (Å²) in [5.41, 5.74) is 1.48. The van der Waals surface area contributed by atoms with Gasteiger partial charge in [-0.25, -0.2) is 9.97 Å². The summed E-state index contributed by atoms with van der Waals surface area (Å²) in [4.78, 5) is 33.8. The number of nitrogens with zero attached hydrogens (tertiary/aromatic N) is 2. The van der Waals surface area contributed by atoms with Crippen molar-refractivity contribution < 1.29 is 14.3 Å². The summed E-state index contributed by atoms with van der Waals surface area (Å²) < 4.78 is 6.38. The molecular formula is C19H15N3O3S3. The normalized spacial score (nSPS) is 10.9. The minimum Gasteiger partial charge on any atom is -0.458 e. The lowest BCUT2D eigenvalue weighted by atomic mass is 10.3. The van der Waals surface area contributed by atoms with E-state index in [1.807, 2.05) is 41.8 Å². The van der Waals surface area contributed by atoms with E-state index in [0.717, 1.165) is 20.1 Å². The molecule has 0 fully saturated rings. The van der Waals surface area contributed by atoms with Gasteiger partial charge in [-0.2, -0.15) is 0 Å². The molecule has 28 heavy (non-hydrogen) atoms. The molecule has 4 aromatic rings. The van der Waals surface area contributed by atoms with Crippen molar-refractivity contribution in [1.29, 1.82) is 0 Å². The maximum absolute atomic E-state index is 12.1. The van der Waals surface area contributed by atoms with E-state index in [9.17, 15) is 9.59 Å². The summed E-state index contributed by atoms with van der Waals surface area (Å²) in [6.07, 6.45) is 0.374. The van der Waals surface area contributed by atoms with Crippen LogP contribution in [0.3, 0.4) is 0 Å². The number of amides is 1. The number of hydrogen-bond acceptors (Lipinski definition) is 8. The smallest absolute Gasteiger partial charge is 0.312 e. The summed E-state index contributed by atoms with van der Waals surface area (Å²) in [6, 6.07) is 11.6. The zero-order valence-electron chi connectivity index (χ0n) is 14.6. The van der Waals surface area contributed by atoms with Crippen LogP contribution in [0.4, 0.5) is 5.13 Å². The summed E-state index contributed by atoms with van der Waals surface area (Å²) in [5, 5.41) is 7.69. The molecule has 9 heteroatoms. The molecule has 3 heterocycles. The Balaban J connectivity index is 1.27. The van der Waals surface area contributed by atoms with Crippen LogP contribution in [-0.2, 0) is 33.8 Å². The van der Waals surface area contributed by atoms with Crippen LogP contribution in [0.1, 0.15) is 15.6 Å². The molecule has 3 aromatic heterocycles. The second-order valence-electron chi connectivity index (χ2n) is 5.86. The first-order valence-corrected chi connectivity index (χ1v) is 11.0. The molecule has 0 bridgehead atoms. The molecule has 6 nitrogen and oxygen atoms in total. The Labute approximate surface area is 172 Å². The first kappa shape index (κ1) is 18.7. The van der Waals surface area contributed by atoms with E-state index < -0.39 is 0 Å². The predicted octanol–water partition coefficient (Wildman–Crippen LogP) is 4.28. The molecular weight excluding hydrogens is 414 g/mol. The third-order valence-corrected chi connectivity index (χ3v) is 6.43. The Kier molecular flexibility index (Phi) is 5.75. The molecule has 0 radical (unpaired) electrons. The van der Waals surface area contributed by atoms with Gasteiger partial charge in [0.2, 0.25) is 5.91 Å². The number of carbonyl (C=O) groups excluding carboxylic acids is 2. The van der Waals surface area contributed by atoms with Gasteiger partial charge in [-0.05, 0) is 23.6 Å². The number of para-hydroxylation sites is 1. The van der Waals surface area contributed by atoms with Crippen molar-refractivity contribution in [2.75, 3.05) is 5.32 Å². The highest BCUT2D eigenvalue weighted by molar-refractivity contribution is 7.18. The van der Waals surface area contributed by atoms with Crippen LogP contribution < -0.4 is 5.32 Å². The van der Waals surface area contributed by atoms with Crippen molar-refractivity contribution >= 4 is 61.2 Å². The number of thiazole rings is 2. The molecule has 4 rings (SSSR count). The molecule has 1 aromatic carbocycles. The minimum atomic E-state index is -0.374. The molecule has 0 aliphatic rings. The Morgan fingerprint density at radius 1 is 1.04 bits per heavy atom. The van der Waals surface area contributed by atoms with Gasteiger partial charge >= 0.3 is 5.97 Å². The second-order valence-corrected chi connectivity index (χ2v) is 8.87. The summed E-state index contributed by atoms with van der Waals surface area (Å²) in [7, 11) is 0. The lowest BCUT2D eigenvalue weighted by molar-refractivity contribution is -0.144. The van der Waals surface area contributed by atoms with Crippen LogP contribution in [-0.4, -0.2) is 21.8 Å². The lowest BCUT2D eigenvalue weighted by Gasteiger charge is -2.01. The molecule has 0 spiro atoms. The van der Waals surface area contributed by atoms with Gasteiger partial charge in [0.1, 0.15) is 11.6 Å². The van der Waals surface area contributed by atoms with Crippen molar-refractivity contribution in [3.63, 3.8) is 0 Å². The highest BCUT2D eigenvalue weighted by Crippen LogP contribution is 2.22. The summed E-state index contributed by atoms with van der Waals surface area (Å²) in [5.74, 6) is -0.497. The molecule has 1 amide bonds. The first-order chi connectivity index (χ1) is 13.7. The number of aromatic nitrogens is 2. The Morgan fingerprint density at radius 3 is 2.75 bits per heavy atom. The van der Waals surface area contributed by atoms with E-state index >= 15 is 0 Å². The summed E-state index contributed by atoms with van der Waals surface area (Å²) in [6.45, 7) is 0.146. The molecule has 0 unspecified atom stereocenters. The third-order valence-electron chi connectivity index (χ3n) is 3.73. The molecule has 0 aliphatic carbocycles. The molecule has 0 atom stereocenters. The lowest BCUT2D eigenvalue weighted by Crippen LogP contribution is -2.14. The van der Waals surface area contributed by atoms with Gasteiger partial charge in [-0.15, -0.1) is 34.0 Å². The highest BCUT2D eigenvalue weighted by atomic mass is 32.1. The van der Waals surface area contributed by atoms with E-state index in [1.54, 1.807) is 5.38 Å². The van der Waals surface area contributed by atoms with Crippen LogP contribution in [0.5, 0.6) is 0 Å². The summed E-state index contributed by atoms with van der Waals surface area (Å²) >= 11 is 4.34. The number of benzene rings is 1. The number of hydrogen-bond donors (Lipinski definition) is 1. The number of nitrogens with one attached hydrogen (secondary N) is 1. The number of fused-ring (bicyclic) bond motifs is 1. The van der Waals surface area contributed by atoms with Gasteiger partial charge in [0.05, 0.1) is 28.8 Å². The molecule has 0 aliphatic heterocycles. The van der Waals surface area contributed by atoms with E-state index in [0.29, 0.717) is 17.2 Å². The topological polar surface area (TPSA) is 81.2 Å². The van der Waals surface area contributed by atoms with Gasteiger partial charge in [0.25, 0.3) is 0 Å². The largest absolute Gasteiger partial charge is 0.458 e. The Bertz CT molecular complexity index is 1070. The van der Waals surface area contributed by atoms with Crippen molar-refractivity contribution in [2.45, 2.75) is 19.4 Å². The number of carbonyl (C=O) groups is 2. The Hall–Kier alpha value is -2.62. The molecule has 1 N–H and O–H groups in total. The quantitative estimate of drug-likeness (QED) is 0.444. The number of esters is 1. The monoisotopic (exact) mass is 429 g/mol. The zero-order valence-corrected chi connectivity index (χ0v) is 17.0. The standard InChI is InChI=1S/C19H15N3O3S3/c23-16(9-13-4-3-7-26-13)22-19-20-12(11-27-19)8-18(24)25-10-17-21-14-5-1-2-6-15(14)28-17/h1-7,11H,8-10H2,(H,20,22,23). The van der Waals surface area contributed by atoms with Crippen LogP contribution in [0.2, 0.25) is 0 Å². The zero-order chi connectivity index (χ0) is 19.3. The average Bonchev–Trinajstić information content (AvgIpc) is 3.41. The van der Waals surface area contributed by atoms with Crippen LogP contribution in [0.15, 0.2) is 47.2 Å². The van der Waals surface area contributed by atoms with E-state index in [4.69, 9.17) is 4.74 Å². The fourth-order valence-electron chi connectivity index (χ4n) is 2.50.